The van der Waals surface area contributed by atoms with Gasteiger partial charge in [-0.05, 0) is 126 Å². The van der Waals surface area contributed by atoms with Crippen LogP contribution in [0.4, 0.5) is 37.1 Å². The Hall–Kier alpha value is -8.58. The van der Waals surface area contributed by atoms with E-state index in [1.54, 1.807) is 72.8 Å². The number of aromatic hydroxyl groups is 2. The highest BCUT2D eigenvalue weighted by Gasteiger charge is 2.44. The Kier molecular flexibility index (Phi) is 12.8. The van der Waals surface area contributed by atoms with Gasteiger partial charge in [-0.1, -0.05) is 84.9 Å². The zero-order chi connectivity index (χ0) is 44.4. The summed E-state index contributed by atoms with van der Waals surface area (Å²) in [6.45, 7) is 0. The smallest absolute Gasteiger partial charge is 0.417 e. The van der Waals surface area contributed by atoms with Crippen LogP contribution in [0.1, 0.15) is 40.2 Å². The Morgan fingerprint density at radius 1 is 0.469 bits per heavy atom. The molecule has 64 heavy (non-hydrogen) atoms. The number of ether oxygens (including phenoxy) is 3. The first kappa shape index (κ1) is 42.1. The van der Waals surface area contributed by atoms with Crippen LogP contribution in [-0.4, -0.2) is 34.4 Å². The van der Waals surface area contributed by atoms with Crippen LogP contribution in [0, 0.1) is 5.92 Å². The van der Waals surface area contributed by atoms with Gasteiger partial charge in [-0.15, -0.1) is 0 Å². The van der Waals surface area contributed by atoms with Gasteiger partial charge in [0.2, 0.25) is 5.91 Å². The molecule has 0 bridgehead atoms. The highest BCUT2D eigenvalue weighted by Crippen LogP contribution is 2.48. The van der Waals surface area contributed by atoms with Crippen LogP contribution < -0.4 is 35.5 Å². The quantitative estimate of drug-likeness (QED) is 0.0657. The fourth-order valence-electron chi connectivity index (χ4n) is 7.17. The average molecular weight is 855 g/mol. The zero-order valence-corrected chi connectivity index (χ0v) is 34.2. The lowest BCUT2D eigenvalue weighted by atomic mass is 10.0. The lowest BCUT2D eigenvalue weighted by Gasteiger charge is -2.12. The molecule has 0 heterocycles. The van der Waals surface area contributed by atoms with E-state index in [-0.39, 0.29) is 40.7 Å². The molecule has 0 spiro atoms. The van der Waals surface area contributed by atoms with Crippen LogP contribution in [0.3, 0.4) is 0 Å². The van der Waals surface area contributed by atoms with E-state index in [0.717, 1.165) is 27.8 Å². The molecule has 4 amide bonds. The second-order valence-electron chi connectivity index (χ2n) is 15.1. The average Bonchev–Trinajstić information content (AvgIpc) is 4.08. The number of phenolic OH excluding ortho intramolecular Hbond substituents is 2. The van der Waals surface area contributed by atoms with Crippen molar-refractivity contribution in [3.63, 3.8) is 0 Å². The molecule has 1 fully saturated rings. The van der Waals surface area contributed by atoms with Crippen molar-refractivity contribution >= 4 is 46.9 Å². The first-order valence-electron chi connectivity index (χ1n) is 20.4. The minimum Gasteiger partial charge on any atom is -0.508 e. The number of nitrogens with one attached hydrogen (secondary N) is 4. The summed E-state index contributed by atoms with van der Waals surface area (Å²) in [5.74, 6) is 0.405. The van der Waals surface area contributed by atoms with Crippen molar-refractivity contribution in [2.24, 2.45) is 5.92 Å². The SMILES string of the molecule is O=C(Nc1ccc(Cc2ccccc2NC(=O)Oc2cccc(O)c2)cc1)Oc1cccc(C2CC2C(=O)Nc2ccc(Cc3ccccc3NC(=O)Oc3cccc(O)c3)cc2)c1. The van der Waals surface area contributed by atoms with Crippen molar-refractivity contribution in [3.8, 4) is 28.7 Å². The number of carbonyl (C=O) groups is 4. The maximum atomic E-state index is 13.3. The third-order valence-electron chi connectivity index (χ3n) is 10.4. The number of amides is 4. The predicted molar refractivity (Wildman–Crippen MR) is 242 cm³/mol. The summed E-state index contributed by atoms with van der Waals surface area (Å²) in [7, 11) is 0. The van der Waals surface area contributed by atoms with Gasteiger partial charge < -0.3 is 29.7 Å². The van der Waals surface area contributed by atoms with Crippen LogP contribution in [0.15, 0.2) is 170 Å². The molecule has 0 aliphatic heterocycles. The van der Waals surface area contributed by atoms with Gasteiger partial charge in [0, 0.05) is 40.8 Å². The van der Waals surface area contributed by atoms with E-state index in [4.69, 9.17) is 14.2 Å². The molecule has 0 saturated heterocycles. The van der Waals surface area contributed by atoms with Crippen molar-refractivity contribution in [1.82, 2.24) is 0 Å². The van der Waals surface area contributed by atoms with Gasteiger partial charge in [0.15, 0.2) is 0 Å². The number of anilines is 4. The highest BCUT2D eigenvalue weighted by atomic mass is 16.6. The summed E-state index contributed by atoms with van der Waals surface area (Å²) in [5.41, 5.74) is 6.87. The van der Waals surface area contributed by atoms with Crippen molar-refractivity contribution in [3.05, 3.63) is 198 Å². The third kappa shape index (κ3) is 11.4. The van der Waals surface area contributed by atoms with Gasteiger partial charge in [0.1, 0.15) is 28.7 Å². The van der Waals surface area contributed by atoms with Crippen LogP contribution in [0.25, 0.3) is 0 Å². The second kappa shape index (κ2) is 19.4. The number of para-hydroxylation sites is 2. The molecule has 1 aliphatic carbocycles. The molecule has 1 saturated carbocycles. The predicted octanol–water partition coefficient (Wildman–Crippen LogP) is 10.9. The van der Waals surface area contributed by atoms with E-state index in [0.29, 0.717) is 47.8 Å². The minimum absolute atomic E-state index is 0.00813. The summed E-state index contributed by atoms with van der Waals surface area (Å²) in [5, 5.41) is 30.6. The molecular formula is C51H42N4O9. The Bertz CT molecular complexity index is 2810. The second-order valence-corrected chi connectivity index (χ2v) is 15.1. The van der Waals surface area contributed by atoms with Crippen molar-refractivity contribution in [2.45, 2.75) is 25.2 Å². The molecule has 1 aliphatic rings. The minimum atomic E-state index is -0.690. The van der Waals surface area contributed by atoms with E-state index in [1.165, 1.54) is 24.3 Å². The largest absolute Gasteiger partial charge is 0.508 e. The van der Waals surface area contributed by atoms with Gasteiger partial charge in [-0.2, -0.15) is 0 Å². The maximum Gasteiger partial charge on any atom is 0.417 e. The third-order valence-corrected chi connectivity index (χ3v) is 10.4. The number of phenols is 2. The monoisotopic (exact) mass is 854 g/mol. The van der Waals surface area contributed by atoms with E-state index in [2.05, 4.69) is 21.3 Å². The molecule has 13 heteroatoms. The van der Waals surface area contributed by atoms with Crippen LogP contribution in [0.5, 0.6) is 28.7 Å². The molecular weight excluding hydrogens is 813 g/mol. The molecule has 2 atom stereocenters. The summed E-state index contributed by atoms with van der Waals surface area (Å²) < 4.78 is 16.2. The zero-order valence-electron chi connectivity index (χ0n) is 34.2. The molecule has 2 unspecified atom stereocenters. The topological polar surface area (TPSA) is 185 Å². The van der Waals surface area contributed by atoms with Crippen molar-refractivity contribution in [1.29, 1.82) is 0 Å². The fourth-order valence-corrected chi connectivity index (χ4v) is 7.17. The first-order valence-corrected chi connectivity index (χ1v) is 20.4. The fraction of sp³-hybridized carbons (Fsp3) is 0.0980. The van der Waals surface area contributed by atoms with Crippen LogP contribution in [0.2, 0.25) is 0 Å². The van der Waals surface area contributed by atoms with Crippen LogP contribution in [-0.2, 0) is 17.6 Å². The summed E-state index contributed by atoms with van der Waals surface area (Å²) in [4.78, 5) is 51.2. The van der Waals surface area contributed by atoms with Gasteiger partial charge >= 0.3 is 18.3 Å². The van der Waals surface area contributed by atoms with Gasteiger partial charge in [-0.3, -0.25) is 20.7 Å². The summed E-state index contributed by atoms with van der Waals surface area (Å²) in [6, 6.07) is 48.7. The van der Waals surface area contributed by atoms with Gasteiger partial charge in [0.05, 0.1) is 0 Å². The lowest BCUT2D eigenvalue weighted by Crippen LogP contribution is -2.18. The molecule has 13 nitrogen and oxygen atoms in total. The molecule has 0 radical (unpaired) electrons. The van der Waals surface area contributed by atoms with Crippen molar-refractivity contribution < 1.29 is 43.6 Å². The lowest BCUT2D eigenvalue weighted by molar-refractivity contribution is -0.117. The number of hydrogen-bond acceptors (Lipinski definition) is 9. The standard InChI is InChI=1S/C51H42N4O9/c56-39-11-6-14-42(29-39)63-50(60)54-46-16-3-1-8-35(46)26-32-18-22-37(23-19-32)52-48(58)45-31-44(45)34-10-5-13-41(28-34)62-49(59)53-38-24-20-33(21-25-38)27-36-9-2-4-17-47(36)55-51(61)64-43-15-7-12-40(57)30-43/h1-25,28-30,44-45,56-57H,26-27,31H2,(H,52,58)(H,53,59)(H,54,60)(H,55,61). The van der Waals surface area contributed by atoms with E-state index in [1.807, 2.05) is 72.8 Å². The van der Waals surface area contributed by atoms with Gasteiger partial charge in [-0.25, -0.2) is 14.4 Å². The van der Waals surface area contributed by atoms with Gasteiger partial charge in [0.25, 0.3) is 0 Å². The summed E-state index contributed by atoms with van der Waals surface area (Å²) in [6.07, 6.45) is -0.360. The molecule has 7 aromatic rings. The van der Waals surface area contributed by atoms with E-state index >= 15 is 0 Å². The van der Waals surface area contributed by atoms with Crippen LogP contribution >= 0.6 is 0 Å². The Labute approximate surface area is 368 Å². The number of rotatable bonds is 13. The first-order chi connectivity index (χ1) is 31.1. The molecule has 8 rings (SSSR count). The molecule has 7 aromatic carbocycles. The summed E-state index contributed by atoms with van der Waals surface area (Å²) >= 11 is 0. The maximum absolute atomic E-state index is 13.3. The van der Waals surface area contributed by atoms with E-state index < -0.39 is 18.3 Å². The number of benzene rings is 7. The number of carbonyl (C=O) groups excluding carboxylic acids is 4. The molecule has 6 N–H and O–H groups in total. The van der Waals surface area contributed by atoms with E-state index in [9.17, 15) is 29.4 Å². The van der Waals surface area contributed by atoms with Crippen molar-refractivity contribution in [2.75, 3.05) is 21.3 Å². The Morgan fingerprint density at radius 3 is 1.41 bits per heavy atom. The normalized spacial score (nSPS) is 13.8. The Morgan fingerprint density at radius 2 is 0.906 bits per heavy atom. The molecule has 0 aromatic heterocycles. The molecule has 320 valence electrons. The highest BCUT2D eigenvalue weighted by molar-refractivity contribution is 5.95. The Balaban J connectivity index is 0.793. The number of hydrogen-bond donors (Lipinski definition) is 6.